The Morgan fingerprint density at radius 3 is 2.86 bits per heavy atom. The number of rotatable bonds is 4. The quantitative estimate of drug-likeness (QED) is 0.805. The minimum Gasteiger partial charge on any atom is -0.495 e. The third-order valence-corrected chi connectivity index (χ3v) is 2.34. The first-order valence-corrected chi connectivity index (χ1v) is 4.77. The van der Waals surface area contributed by atoms with Crippen molar-refractivity contribution in [2.45, 2.75) is 12.5 Å². The zero-order chi connectivity index (χ0) is 10.6. The number of aliphatic hydroxyl groups is 1. The molecule has 1 rings (SSSR count). The Hall–Kier alpha value is -0.770. The van der Waals surface area contributed by atoms with E-state index in [1.807, 2.05) is 12.1 Å². The SMILES string of the molecule is COc1c(Cl)cccc1C(N)CCO. The van der Waals surface area contributed by atoms with Crippen LogP contribution in [0.4, 0.5) is 0 Å². The number of hydrogen-bond acceptors (Lipinski definition) is 3. The monoisotopic (exact) mass is 215 g/mol. The van der Waals surface area contributed by atoms with Gasteiger partial charge in [-0.1, -0.05) is 23.7 Å². The van der Waals surface area contributed by atoms with Crippen LogP contribution in [-0.2, 0) is 0 Å². The molecule has 0 aliphatic rings. The van der Waals surface area contributed by atoms with Crippen molar-refractivity contribution >= 4 is 11.6 Å². The number of aliphatic hydroxyl groups excluding tert-OH is 1. The number of ether oxygens (including phenoxy) is 1. The maximum Gasteiger partial charge on any atom is 0.142 e. The Labute approximate surface area is 88.4 Å². The van der Waals surface area contributed by atoms with Crippen LogP contribution < -0.4 is 10.5 Å². The van der Waals surface area contributed by atoms with Gasteiger partial charge in [0.15, 0.2) is 0 Å². The third kappa shape index (κ3) is 2.38. The summed E-state index contributed by atoms with van der Waals surface area (Å²) in [6.07, 6.45) is 0.497. The lowest BCUT2D eigenvalue weighted by atomic mass is 10.0. The van der Waals surface area contributed by atoms with Crippen molar-refractivity contribution in [2.75, 3.05) is 13.7 Å². The Morgan fingerprint density at radius 1 is 1.57 bits per heavy atom. The highest BCUT2D eigenvalue weighted by Crippen LogP contribution is 2.32. The molecule has 1 atom stereocenters. The molecule has 78 valence electrons. The maximum atomic E-state index is 8.78. The van der Waals surface area contributed by atoms with E-state index in [0.717, 1.165) is 5.56 Å². The summed E-state index contributed by atoms with van der Waals surface area (Å²) >= 11 is 5.93. The zero-order valence-corrected chi connectivity index (χ0v) is 8.79. The van der Waals surface area contributed by atoms with Gasteiger partial charge in [-0.05, 0) is 12.5 Å². The minimum atomic E-state index is -0.242. The summed E-state index contributed by atoms with van der Waals surface area (Å²) in [6.45, 7) is 0.0524. The molecule has 0 aromatic heterocycles. The van der Waals surface area contributed by atoms with Gasteiger partial charge in [0.25, 0.3) is 0 Å². The van der Waals surface area contributed by atoms with Gasteiger partial charge in [0, 0.05) is 18.2 Å². The van der Waals surface area contributed by atoms with Crippen LogP contribution in [0.1, 0.15) is 18.0 Å². The lowest BCUT2D eigenvalue weighted by Gasteiger charge is -2.15. The molecule has 1 aromatic carbocycles. The number of hydrogen-bond donors (Lipinski definition) is 2. The molecule has 0 spiro atoms. The Morgan fingerprint density at radius 2 is 2.29 bits per heavy atom. The first kappa shape index (κ1) is 11.3. The third-order valence-electron chi connectivity index (χ3n) is 2.04. The van der Waals surface area contributed by atoms with E-state index in [1.165, 1.54) is 0 Å². The van der Waals surface area contributed by atoms with Crippen molar-refractivity contribution < 1.29 is 9.84 Å². The molecular formula is C10H14ClNO2. The van der Waals surface area contributed by atoms with Crippen molar-refractivity contribution in [3.05, 3.63) is 28.8 Å². The molecule has 14 heavy (non-hydrogen) atoms. The smallest absolute Gasteiger partial charge is 0.142 e. The Kier molecular flexibility index (Phi) is 4.20. The van der Waals surface area contributed by atoms with E-state index in [0.29, 0.717) is 17.2 Å². The second-order valence-electron chi connectivity index (χ2n) is 2.98. The number of halogens is 1. The van der Waals surface area contributed by atoms with Crippen LogP contribution in [0.3, 0.4) is 0 Å². The van der Waals surface area contributed by atoms with Crippen LogP contribution in [0, 0.1) is 0 Å². The summed E-state index contributed by atoms with van der Waals surface area (Å²) < 4.78 is 5.15. The van der Waals surface area contributed by atoms with Crippen molar-refractivity contribution in [1.29, 1.82) is 0 Å². The molecule has 0 saturated carbocycles. The van der Waals surface area contributed by atoms with Crippen LogP contribution in [0.25, 0.3) is 0 Å². The fourth-order valence-corrected chi connectivity index (χ4v) is 1.59. The van der Waals surface area contributed by atoms with E-state index in [9.17, 15) is 0 Å². The molecule has 0 radical (unpaired) electrons. The zero-order valence-electron chi connectivity index (χ0n) is 8.03. The van der Waals surface area contributed by atoms with Gasteiger partial charge in [-0.15, -0.1) is 0 Å². The lowest BCUT2D eigenvalue weighted by molar-refractivity contribution is 0.275. The van der Waals surface area contributed by atoms with Crippen LogP contribution in [0.5, 0.6) is 5.75 Å². The van der Waals surface area contributed by atoms with Crippen molar-refractivity contribution in [2.24, 2.45) is 5.73 Å². The number of benzene rings is 1. The predicted octanol–water partition coefficient (Wildman–Crippen LogP) is 1.73. The lowest BCUT2D eigenvalue weighted by Crippen LogP contribution is -2.13. The van der Waals surface area contributed by atoms with Crippen LogP contribution in [0.2, 0.25) is 5.02 Å². The molecule has 1 unspecified atom stereocenters. The average Bonchev–Trinajstić information content (AvgIpc) is 2.17. The van der Waals surface area contributed by atoms with Crippen LogP contribution in [0.15, 0.2) is 18.2 Å². The Bertz CT molecular complexity index is 304. The Balaban J connectivity index is 3.00. The largest absolute Gasteiger partial charge is 0.495 e. The summed E-state index contributed by atoms with van der Waals surface area (Å²) in [7, 11) is 1.55. The molecule has 3 N–H and O–H groups in total. The molecule has 3 nitrogen and oxygen atoms in total. The maximum absolute atomic E-state index is 8.78. The molecule has 0 saturated heterocycles. The minimum absolute atomic E-state index is 0.0524. The normalized spacial score (nSPS) is 12.6. The summed E-state index contributed by atoms with van der Waals surface area (Å²) in [4.78, 5) is 0. The molecule has 0 heterocycles. The first-order chi connectivity index (χ1) is 6.70. The fraction of sp³-hybridized carbons (Fsp3) is 0.400. The molecule has 0 bridgehead atoms. The van der Waals surface area contributed by atoms with Gasteiger partial charge in [0.05, 0.1) is 12.1 Å². The number of methoxy groups -OCH3 is 1. The predicted molar refractivity (Wildman–Crippen MR) is 56.6 cm³/mol. The highest BCUT2D eigenvalue weighted by atomic mass is 35.5. The molecule has 0 aliphatic heterocycles. The number of para-hydroxylation sites is 1. The standard InChI is InChI=1S/C10H14ClNO2/c1-14-10-7(9(12)5-6-13)3-2-4-8(10)11/h2-4,9,13H,5-6,12H2,1H3. The first-order valence-electron chi connectivity index (χ1n) is 4.39. The van der Waals surface area contributed by atoms with Gasteiger partial charge in [-0.2, -0.15) is 0 Å². The summed E-state index contributed by atoms with van der Waals surface area (Å²) in [5.74, 6) is 0.593. The molecule has 0 aliphatic carbocycles. The van der Waals surface area contributed by atoms with Crippen LogP contribution >= 0.6 is 11.6 Å². The second-order valence-corrected chi connectivity index (χ2v) is 3.39. The van der Waals surface area contributed by atoms with Gasteiger partial charge < -0.3 is 15.6 Å². The van der Waals surface area contributed by atoms with Crippen molar-refractivity contribution in [3.8, 4) is 5.75 Å². The van der Waals surface area contributed by atoms with E-state index in [1.54, 1.807) is 13.2 Å². The summed E-state index contributed by atoms with van der Waals surface area (Å²) in [5, 5.41) is 9.32. The van der Waals surface area contributed by atoms with Gasteiger partial charge in [-0.25, -0.2) is 0 Å². The molecule has 1 aromatic rings. The van der Waals surface area contributed by atoms with Crippen LogP contribution in [-0.4, -0.2) is 18.8 Å². The highest BCUT2D eigenvalue weighted by Gasteiger charge is 2.13. The van der Waals surface area contributed by atoms with E-state index in [4.69, 9.17) is 27.2 Å². The average molecular weight is 216 g/mol. The molecule has 0 fully saturated rings. The topological polar surface area (TPSA) is 55.5 Å². The van der Waals surface area contributed by atoms with Gasteiger partial charge in [0.1, 0.15) is 5.75 Å². The van der Waals surface area contributed by atoms with Crippen molar-refractivity contribution in [3.63, 3.8) is 0 Å². The highest BCUT2D eigenvalue weighted by molar-refractivity contribution is 6.32. The summed E-state index contributed by atoms with van der Waals surface area (Å²) in [5.41, 5.74) is 6.68. The number of nitrogens with two attached hydrogens (primary N) is 1. The second kappa shape index (κ2) is 5.20. The van der Waals surface area contributed by atoms with Gasteiger partial charge >= 0.3 is 0 Å². The molecular weight excluding hydrogens is 202 g/mol. The van der Waals surface area contributed by atoms with E-state index < -0.39 is 0 Å². The van der Waals surface area contributed by atoms with E-state index in [2.05, 4.69) is 0 Å². The van der Waals surface area contributed by atoms with Crippen molar-refractivity contribution in [1.82, 2.24) is 0 Å². The van der Waals surface area contributed by atoms with Gasteiger partial charge in [-0.3, -0.25) is 0 Å². The van der Waals surface area contributed by atoms with E-state index in [-0.39, 0.29) is 12.6 Å². The molecule has 0 amide bonds. The van der Waals surface area contributed by atoms with Gasteiger partial charge in [0.2, 0.25) is 0 Å². The fourth-order valence-electron chi connectivity index (χ4n) is 1.33. The molecule has 4 heteroatoms. The summed E-state index contributed by atoms with van der Waals surface area (Å²) in [6, 6.07) is 5.17. The van der Waals surface area contributed by atoms with E-state index >= 15 is 0 Å².